The van der Waals surface area contributed by atoms with Crippen LogP contribution in [0.2, 0.25) is 0 Å². The highest BCUT2D eigenvalue weighted by atomic mass is 32.2. The first-order valence-electron chi connectivity index (χ1n) is 44.9. The molecule has 0 spiro atoms. The fourth-order valence-electron chi connectivity index (χ4n) is 10.2. The number of allylic oxidation sites excluding steroid dienone is 3. The number of Topliss-reactive ketones (excluding diaryl/α,β-unsaturated/α-hetero) is 2. The van der Waals surface area contributed by atoms with Crippen molar-refractivity contribution in [3.63, 3.8) is 0 Å². The minimum Gasteiger partial charge on any atom is -0.478 e. The number of hydrogen-bond acceptors (Lipinski definition) is 27. The molecule has 0 saturated carbocycles. The zero-order valence-corrected chi connectivity index (χ0v) is 86.9. The van der Waals surface area contributed by atoms with E-state index in [-0.39, 0.29) is 77.1 Å². The summed E-state index contributed by atoms with van der Waals surface area (Å²) in [4.78, 5) is 170. The molecule has 0 radical (unpaired) electrons. The zero-order chi connectivity index (χ0) is 104. The van der Waals surface area contributed by atoms with Crippen molar-refractivity contribution in [2.24, 2.45) is 32.2 Å². The lowest BCUT2D eigenvalue weighted by molar-refractivity contribution is -0.134. The van der Waals surface area contributed by atoms with Gasteiger partial charge in [0.15, 0.2) is 22.6 Å². The van der Waals surface area contributed by atoms with E-state index in [4.69, 9.17) is 55.5 Å². The Morgan fingerprint density at radius 1 is 0.394 bits per heavy atom. The number of carboxylic acid groups (broad SMARTS) is 1. The van der Waals surface area contributed by atoms with Crippen LogP contribution >= 0.6 is 35.3 Å². The van der Waals surface area contributed by atoms with E-state index >= 15 is 0 Å². The van der Waals surface area contributed by atoms with Crippen LogP contribution in [-0.4, -0.2) is 195 Å². The van der Waals surface area contributed by atoms with Gasteiger partial charge in [0.2, 0.25) is 23.7 Å². The van der Waals surface area contributed by atoms with Crippen LogP contribution in [0.1, 0.15) is 240 Å². The molecule has 137 heavy (non-hydrogen) atoms. The van der Waals surface area contributed by atoms with E-state index in [1.165, 1.54) is 35.2 Å². The number of nitrogens with one attached hydrogen (secondary N) is 9. The SMILES string of the molecule is C/C=C(\CC(=O)C(NC(=O)OC(C)(C)C)SCc1ccccc1)C(=O)NCCCN=C(NC(=O)OC(C)(C)C)NC(=O)OC(C)(C)C.C/C=C(\CC(=O)C(NC(=O)OC(C)(C)C)SCc1ccccc1)C(=O)O.C/C=C(\CCc1ccccc1)C(=O)NCCCN=C(N)N.CC(C)(C)OC(=O)NC(=NCCCN)NC(=O)OC(C)(C)C.CCC(=O)SC(Cc1ccccc1)NC(=O)OC(C)(C)C. The lowest BCUT2D eigenvalue weighted by Gasteiger charge is -2.23. The summed E-state index contributed by atoms with van der Waals surface area (Å²) >= 11 is 3.59. The molecule has 39 heteroatoms. The van der Waals surface area contributed by atoms with Crippen LogP contribution in [0.25, 0.3) is 0 Å². The summed E-state index contributed by atoms with van der Waals surface area (Å²) in [5, 5.41) is 30.1. The zero-order valence-electron chi connectivity index (χ0n) is 84.4. The Hall–Kier alpha value is -12.0. The molecule has 0 bridgehead atoms. The Balaban J connectivity index is 0.00000177. The first-order valence-corrected chi connectivity index (χ1v) is 47.8. The van der Waals surface area contributed by atoms with Crippen LogP contribution in [0.15, 0.2) is 171 Å². The Morgan fingerprint density at radius 2 is 0.693 bits per heavy atom. The molecule has 0 saturated heterocycles. The summed E-state index contributed by atoms with van der Waals surface area (Å²) in [6, 6.07) is 38.9. The summed E-state index contributed by atoms with van der Waals surface area (Å²) in [6.45, 7) is 45.5. The second-order valence-electron chi connectivity index (χ2n) is 37.0. The predicted molar refractivity (Wildman–Crippen MR) is 543 cm³/mol. The summed E-state index contributed by atoms with van der Waals surface area (Å²) in [7, 11) is 0. The highest BCUT2D eigenvalue weighted by molar-refractivity contribution is 8.14. The first kappa shape index (κ1) is 125. The molecular weight excluding hydrogens is 1820 g/mol. The Labute approximate surface area is 821 Å². The van der Waals surface area contributed by atoms with Gasteiger partial charge in [0.25, 0.3) is 0 Å². The molecule has 0 aliphatic heterocycles. The molecule has 4 rings (SSSR count). The molecular formula is C98H151N15O21S3. The summed E-state index contributed by atoms with van der Waals surface area (Å²) in [5.74, 6) is -1.55. The van der Waals surface area contributed by atoms with E-state index < -0.39 is 110 Å². The number of rotatable bonds is 36. The topological polar surface area (TPSA) is 530 Å². The van der Waals surface area contributed by atoms with Gasteiger partial charge in [-0.05, 0) is 227 Å². The van der Waals surface area contributed by atoms with E-state index in [1.807, 2.05) is 150 Å². The van der Waals surface area contributed by atoms with Crippen molar-refractivity contribution in [3.8, 4) is 0 Å². The fourth-order valence-corrected chi connectivity index (χ4v) is 13.1. The number of aliphatic carboxylic acids is 1. The van der Waals surface area contributed by atoms with Gasteiger partial charge >= 0.3 is 48.6 Å². The molecule has 9 amide bonds. The number of ether oxygens (including phenoxy) is 7. The van der Waals surface area contributed by atoms with Crippen molar-refractivity contribution in [2.45, 2.75) is 298 Å². The molecule has 762 valence electrons. The van der Waals surface area contributed by atoms with Crippen LogP contribution in [0.5, 0.6) is 0 Å². The predicted octanol–water partition coefficient (Wildman–Crippen LogP) is 16.2. The quantitative estimate of drug-likeness (QED) is 0.00502. The Morgan fingerprint density at radius 3 is 1.01 bits per heavy atom. The molecule has 4 aromatic carbocycles. The van der Waals surface area contributed by atoms with Crippen molar-refractivity contribution in [1.29, 1.82) is 0 Å². The van der Waals surface area contributed by atoms with E-state index in [2.05, 4.69) is 75.0 Å². The number of nitrogens with two attached hydrogens (primary N) is 3. The third kappa shape index (κ3) is 69.5. The third-order valence-corrected chi connectivity index (χ3v) is 19.5. The number of hydrogen-bond donors (Lipinski definition) is 13. The average Bonchev–Trinajstić information content (AvgIpc) is 0.888. The number of carbonyl (C=O) groups excluding carboxylic acids is 12. The van der Waals surface area contributed by atoms with Crippen LogP contribution in [0.3, 0.4) is 0 Å². The molecule has 36 nitrogen and oxygen atoms in total. The molecule has 0 aliphatic carbocycles. The molecule has 3 unspecified atom stereocenters. The number of alkyl carbamates (subject to hydrolysis) is 7. The van der Waals surface area contributed by atoms with Gasteiger partial charge in [-0.25, -0.2) is 38.4 Å². The summed E-state index contributed by atoms with van der Waals surface area (Å²) in [5.41, 5.74) is 16.3. The first-order chi connectivity index (χ1) is 63.6. The number of amides is 9. The second-order valence-corrected chi connectivity index (χ2v) is 40.4. The van der Waals surface area contributed by atoms with Crippen LogP contribution < -0.4 is 65.1 Å². The number of thioether (sulfide) groups is 3. The van der Waals surface area contributed by atoms with Gasteiger partial charge in [0, 0.05) is 86.6 Å². The maximum Gasteiger partial charge on any atom is 0.414 e. The third-order valence-electron chi connectivity index (χ3n) is 16.0. The number of aryl methyl sites for hydroxylation is 1. The number of guanidine groups is 3. The van der Waals surface area contributed by atoms with Crippen molar-refractivity contribution < 1.29 is 101 Å². The summed E-state index contributed by atoms with van der Waals surface area (Å²) in [6.07, 6.45) is 3.60. The number of carboxylic acids is 1. The minimum absolute atomic E-state index is 0.00806. The highest BCUT2D eigenvalue weighted by Crippen LogP contribution is 2.25. The minimum atomic E-state index is -1.15. The number of ketones is 2. The normalized spacial score (nSPS) is 12.2. The molecule has 0 fully saturated rings. The molecule has 16 N–H and O–H groups in total. The fraction of sp³-hybridized carbons (Fsp3) is 0.531. The maximum atomic E-state index is 13.3. The van der Waals surface area contributed by atoms with Gasteiger partial charge in [0.1, 0.15) is 50.0 Å². The standard InChI is InChI=1S/C33H51N5O8S.C19H25NO5S.C16H24N4O.C16H23NO3S.C14H28N4O4/c1-11-23(20-24(39)26(36-28(41)44-31(2,3)4)47-21-22-16-13-12-14-17-22)25(40)34-18-15-19-35-27(37-29(42)45-32(5,6)7)38-30(43)46-33(8,9)10;1-5-14(17(22)23)11-15(21)16(20-18(24)25-19(2,3)4)26-12-13-9-7-6-8-10-13;1-2-14(10-9-13-7-4-3-5-8-13)15(21)19-11-6-12-20-16(17)18;1-5-14(18)21-13(11-12-9-7-6-8-10-12)17-15(19)20-16(2,3)4;1-13(2,3)21-11(19)17-10(16-9-7-8-15)18-12(20)22-14(4,5)6/h11-14,16-17,26H,15,18-21H2,1-10H3,(H,34,40)(H,36,41)(H2,35,37,38,42,43);5-10,16H,11-12H2,1-4H3,(H,20,24)(H,22,23);2-5,7-8H,6,9-12H2,1H3,(H,19,21)(H4,17,18,20);6-10,13H,5,11H2,1-4H3,(H,17,19);7-9,15H2,1-6H3,(H2,16,17,18,19,20)/b23-11+;14-5+;14-2+;;. The van der Waals surface area contributed by atoms with Gasteiger partial charge in [0.05, 0.1) is 5.37 Å². The van der Waals surface area contributed by atoms with Gasteiger partial charge in [-0.2, -0.15) is 0 Å². The van der Waals surface area contributed by atoms with Crippen LogP contribution in [0.4, 0.5) is 33.6 Å². The second kappa shape index (κ2) is 64.9. The molecule has 0 aliphatic rings. The van der Waals surface area contributed by atoms with Crippen molar-refractivity contribution in [1.82, 2.24) is 47.9 Å². The lowest BCUT2D eigenvalue weighted by Crippen LogP contribution is -2.47. The average molecular weight is 1970 g/mol. The smallest absolute Gasteiger partial charge is 0.414 e. The Kier molecular flexibility index (Phi) is 59.3. The van der Waals surface area contributed by atoms with Crippen molar-refractivity contribution >= 4 is 130 Å². The Bertz CT molecular complexity index is 4540. The van der Waals surface area contributed by atoms with Gasteiger partial charge < -0.3 is 82.0 Å². The molecule has 4 aromatic rings. The summed E-state index contributed by atoms with van der Waals surface area (Å²) < 4.78 is 36.5. The van der Waals surface area contributed by atoms with Gasteiger partial charge in [-0.15, -0.1) is 23.5 Å². The largest absolute Gasteiger partial charge is 0.478 e. The highest BCUT2D eigenvalue weighted by Gasteiger charge is 2.31. The lowest BCUT2D eigenvalue weighted by atomic mass is 10.0. The number of aliphatic imine (C=N–C) groups is 3. The molecule has 0 heterocycles. The number of nitrogens with zero attached hydrogens (tertiary/aromatic N) is 3. The van der Waals surface area contributed by atoms with E-state index in [0.29, 0.717) is 63.4 Å². The molecule has 0 aromatic heterocycles. The van der Waals surface area contributed by atoms with Gasteiger partial charge in [-0.1, -0.05) is 158 Å². The van der Waals surface area contributed by atoms with Crippen molar-refractivity contribution in [3.05, 3.63) is 179 Å². The van der Waals surface area contributed by atoms with Crippen LogP contribution in [0, 0.1) is 0 Å². The van der Waals surface area contributed by atoms with E-state index in [0.717, 1.165) is 53.3 Å². The molecule has 3 atom stereocenters. The maximum absolute atomic E-state index is 13.3. The van der Waals surface area contributed by atoms with Crippen LogP contribution in [-0.2, 0) is 86.3 Å². The van der Waals surface area contributed by atoms with E-state index in [9.17, 15) is 62.3 Å². The van der Waals surface area contributed by atoms with Crippen molar-refractivity contribution in [2.75, 3.05) is 39.3 Å². The van der Waals surface area contributed by atoms with E-state index in [1.54, 1.807) is 145 Å². The number of benzene rings is 4. The van der Waals surface area contributed by atoms with Gasteiger partial charge in [-0.3, -0.25) is 60.2 Å². The monoisotopic (exact) mass is 1970 g/mol. The number of carbonyl (C=O) groups is 13.